The van der Waals surface area contributed by atoms with E-state index in [2.05, 4.69) is 9.88 Å². The molecule has 3 rings (SSSR count). The van der Waals surface area contributed by atoms with Crippen molar-refractivity contribution < 1.29 is 0 Å². The Morgan fingerprint density at radius 1 is 1.28 bits per heavy atom. The van der Waals surface area contributed by atoms with Gasteiger partial charge in [-0.25, -0.2) is 4.98 Å². The zero-order valence-electron chi connectivity index (χ0n) is 10.7. The molecule has 0 spiro atoms. The van der Waals surface area contributed by atoms with Gasteiger partial charge in [-0.1, -0.05) is 0 Å². The summed E-state index contributed by atoms with van der Waals surface area (Å²) in [6.45, 7) is 4.41. The van der Waals surface area contributed by atoms with Gasteiger partial charge in [0.15, 0.2) is 0 Å². The highest BCUT2D eigenvalue weighted by Crippen LogP contribution is 2.42. The summed E-state index contributed by atoms with van der Waals surface area (Å²) >= 11 is 1.84. The number of hydrogen-bond donors (Lipinski definition) is 1. The highest BCUT2D eigenvalue weighted by atomic mass is 35.5. The largest absolute Gasteiger partial charge is 0.330 e. The molecule has 18 heavy (non-hydrogen) atoms. The third kappa shape index (κ3) is 3.23. The molecule has 1 saturated carbocycles. The smallest absolute Gasteiger partial charge is 0.0798 e. The van der Waals surface area contributed by atoms with Gasteiger partial charge in [0, 0.05) is 17.3 Å². The van der Waals surface area contributed by atoms with Gasteiger partial charge in [-0.05, 0) is 51.2 Å². The van der Waals surface area contributed by atoms with Crippen LogP contribution in [0.2, 0.25) is 0 Å². The first-order valence-corrected chi connectivity index (χ1v) is 7.59. The molecule has 1 saturated heterocycles. The van der Waals surface area contributed by atoms with Crippen molar-refractivity contribution in [1.29, 1.82) is 0 Å². The lowest BCUT2D eigenvalue weighted by molar-refractivity contribution is 0.181. The van der Waals surface area contributed by atoms with Crippen LogP contribution in [0.15, 0.2) is 5.51 Å². The quantitative estimate of drug-likeness (QED) is 0.926. The second-order valence-corrected chi connectivity index (χ2v) is 6.33. The Morgan fingerprint density at radius 3 is 2.61 bits per heavy atom. The number of thiazole rings is 1. The van der Waals surface area contributed by atoms with E-state index in [9.17, 15) is 0 Å². The predicted octanol–water partition coefficient (Wildman–Crippen LogP) is 2.61. The van der Waals surface area contributed by atoms with E-state index in [0.717, 1.165) is 24.9 Å². The molecule has 1 aliphatic heterocycles. The van der Waals surface area contributed by atoms with Gasteiger partial charge >= 0.3 is 0 Å². The minimum atomic E-state index is 0. The Balaban J connectivity index is 0.00000120. The molecule has 0 amide bonds. The first-order chi connectivity index (χ1) is 8.36. The maximum absolute atomic E-state index is 5.73. The van der Waals surface area contributed by atoms with Crippen LogP contribution in [0, 0.1) is 5.92 Å². The third-order valence-corrected chi connectivity index (χ3v) is 4.88. The SMILES string of the molecule is Cl.NCC1CCN(Cc2scnc2C2CC2)CC1. The van der Waals surface area contributed by atoms with Gasteiger partial charge in [0.05, 0.1) is 11.2 Å². The van der Waals surface area contributed by atoms with E-state index in [1.54, 1.807) is 0 Å². The summed E-state index contributed by atoms with van der Waals surface area (Å²) in [6.07, 6.45) is 5.25. The van der Waals surface area contributed by atoms with Crippen LogP contribution in [0.4, 0.5) is 0 Å². The van der Waals surface area contributed by atoms with Gasteiger partial charge in [0.2, 0.25) is 0 Å². The summed E-state index contributed by atoms with van der Waals surface area (Å²) in [4.78, 5) is 8.63. The van der Waals surface area contributed by atoms with Crippen LogP contribution >= 0.6 is 23.7 Å². The van der Waals surface area contributed by atoms with Gasteiger partial charge in [0.1, 0.15) is 0 Å². The maximum atomic E-state index is 5.73. The van der Waals surface area contributed by atoms with Crippen LogP contribution in [0.5, 0.6) is 0 Å². The van der Waals surface area contributed by atoms with E-state index in [1.807, 2.05) is 16.8 Å². The monoisotopic (exact) mass is 287 g/mol. The lowest BCUT2D eigenvalue weighted by Gasteiger charge is -2.31. The Kier molecular flexibility index (Phi) is 5.01. The van der Waals surface area contributed by atoms with E-state index >= 15 is 0 Å². The Bertz CT molecular complexity index is 370. The van der Waals surface area contributed by atoms with Crippen LogP contribution in [-0.4, -0.2) is 29.5 Å². The molecule has 0 bridgehead atoms. The minimum absolute atomic E-state index is 0. The number of nitrogens with zero attached hydrogens (tertiary/aromatic N) is 2. The van der Waals surface area contributed by atoms with Crippen LogP contribution in [0.3, 0.4) is 0 Å². The molecule has 0 unspecified atom stereocenters. The molecule has 1 aromatic rings. The average molecular weight is 288 g/mol. The molecule has 3 nitrogen and oxygen atoms in total. The summed E-state index contributed by atoms with van der Waals surface area (Å²) in [7, 11) is 0. The second kappa shape index (κ2) is 6.33. The van der Waals surface area contributed by atoms with Crippen molar-refractivity contribution in [3.05, 3.63) is 16.1 Å². The van der Waals surface area contributed by atoms with Gasteiger partial charge in [-0.3, -0.25) is 4.90 Å². The van der Waals surface area contributed by atoms with Crippen molar-refractivity contribution in [2.24, 2.45) is 11.7 Å². The Labute approximate surface area is 119 Å². The summed E-state index contributed by atoms with van der Waals surface area (Å²) in [5.74, 6) is 1.55. The lowest BCUT2D eigenvalue weighted by Crippen LogP contribution is -2.35. The van der Waals surface area contributed by atoms with Crippen LogP contribution in [0.1, 0.15) is 42.2 Å². The number of hydrogen-bond acceptors (Lipinski definition) is 4. The van der Waals surface area contributed by atoms with E-state index in [-0.39, 0.29) is 12.4 Å². The van der Waals surface area contributed by atoms with E-state index < -0.39 is 0 Å². The molecule has 102 valence electrons. The molecular weight excluding hydrogens is 266 g/mol. The second-order valence-electron chi connectivity index (χ2n) is 5.39. The Hall–Kier alpha value is -0.160. The van der Waals surface area contributed by atoms with Crippen LogP contribution < -0.4 is 5.73 Å². The molecule has 1 aliphatic carbocycles. The summed E-state index contributed by atoms with van der Waals surface area (Å²) in [6, 6.07) is 0. The van der Waals surface area contributed by atoms with Crippen LogP contribution in [-0.2, 0) is 6.54 Å². The minimum Gasteiger partial charge on any atom is -0.330 e. The van der Waals surface area contributed by atoms with Crippen molar-refractivity contribution in [2.45, 2.75) is 38.1 Å². The molecule has 2 N–H and O–H groups in total. The summed E-state index contributed by atoms with van der Waals surface area (Å²) in [5.41, 5.74) is 9.15. The van der Waals surface area contributed by atoms with E-state index in [0.29, 0.717) is 0 Å². The normalized spacial score (nSPS) is 21.8. The number of rotatable bonds is 4. The number of halogens is 1. The first-order valence-electron chi connectivity index (χ1n) is 6.71. The van der Waals surface area contributed by atoms with Crippen molar-refractivity contribution in [2.75, 3.05) is 19.6 Å². The highest BCUT2D eigenvalue weighted by molar-refractivity contribution is 7.09. The number of piperidine rings is 1. The van der Waals surface area contributed by atoms with Crippen molar-refractivity contribution >= 4 is 23.7 Å². The molecule has 2 heterocycles. The zero-order valence-corrected chi connectivity index (χ0v) is 12.3. The first kappa shape index (κ1) is 14.3. The Morgan fingerprint density at radius 2 is 2.00 bits per heavy atom. The predicted molar refractivity (Wildman–Crippen MR) is 78.4 cm³/mol. The van der Waals surface area contributed by atoms with Gasteiger partial charge in [-0.15, -0.1) is 23.7 Å². The fourth-order valence-electron chi connectivity index (χ4n) is 2.67. The zero-order chi connectivity index (χ0) is 11.7. The maximum Gasteiger partial charge on any atom is 0.0798 e. The number of aromatic nitrogens is 1. The molecular formula is C13H22ClN3S. The van der Waals surface area contributed by atoms with Gasteiger partial charge < -0.3 is 5.73 Å². The van der Waals surface area contributed by atoms with E-state index in [4.69, 9.17) is 5.73 Å². The number of likely N-dealkylation sites (tertiary alicyclic amines) is 1. The fourth-order valence-corrected chi connectivity index (χ4v) is 3.56. The van der Waals surface area contributed by atoms with Crippen molar-refractivity contribution in [3.8, 4) is 0 Å². The summed E-state index contributed by atoms with van der Waals surface area (Å²) < 4.78 is 0. The fraction of sp³-hybridized carbons (Fsp3) is 0.769. The molecule has 1 aromatic heterocycles. The topological polar surface area (TPSA) is 42.1 Å². The third-order valence-electron chi connectivity index (χ3n) is 4.04. The number of nitrogens with two attached hydrogens (primary N) is 1. The van der Waals surface area contributed by atoms with Crippen LogP contribution in [0.25, 0.3) is 0 Å². The van der Waals surface area contributed by atoms with E-state index in [1.165, 1.54) is 49.3 Å². The average Bonchev–Trinajstić information content (AvgIpc) is 3.11. The van der Waals surface area contributed by atoms with Crippen molar-refractivity contribution in [3.63, 3.8) is 0 Å². The summed E-state index contributed by atoms with van der Waals surface area (Å²) in [5, 5.41) is 0. The van der Waals surface area contributed by atoms with Crippen molar-refractivity contribution in [1.82, 2.24) is 9.88 Å². The molecule has 0 radical (unpaired) electrons. The van der Waals surface area contributed by atoms with Gasteiger partial charge in [0.25, 0.3) is 0 Å². The standard InChI is InChI=1S/C13H21N3S.ClH/c14-7-10-3-5-16(6-4-10)8-12-13(11-1-2-11)15-9-17-12;/h9-11H,1-8,14H2;1H. The molecule has 2 fully saturated rings. The highest BCUT2D eigenvalue weighted by Gasteiger charge is 2.29. The molecule has 0 aromatic carbocycles. The molecule has 0 atom stereocenters. The molecule has 2 aliphatic rings. The van der Waals surface area contributed by atoms with Gasteiger partial charge in [-0.2, -0.15) is 0 Å². The lowest BCUT2D eigenvalue weighted by atomic mass is 9.97. The molecule has 5 heteroatoms.